The van der Waals surface area contributed by atoms with Gasteiger partial charge in [0.25, 0.3) is 0 Å². The Morgan fingerprint density at radius 3 is 2.50 bits per heavy atom. The Balaban J connectivity index is 2.06. The van der Waals surface area contributed by atoms with Crippen molar-refractivity contribution in [1.82, 2.24) is 0 Å². The van der Waals surface area contributed by atoms with Gasteiger partial charge in [-0.1, -0.05) is 50.0 Å². The van der Waals surface area contributed by atoms with Gasteiger partial charge in [0.2, 0.25) is 0 Å². The summed E-state index contributed by atoms with van der Waals surface area (Å²) in [7, 11) is -1.17. The molecule has 2 rings (SSSR count). The molecule has 0 saturated carbocycles. The van der Waals surface area contributed by atoms with Gasteiger partial charge in [-0.3, -0.25) is 4.79 Å². The van der Waals surface area contributed by atoms with Crippen LogP contribution in [0.4, 0.5) is 0 Å². The predicted molar refractivity (Wildman–Crippen MR) is 76.5 cm³/mol. The highest BCUT2D eigenvalue weighted by Gasteiger charge is 2.33. The van der Waals surface area contributed by atoms with E-state index in [-0.39, 0.29) is 5.78 Å². The van der Waals surface area contributed by atoms with Gasteiger partial charge in [0.15, 0.2) is 5.78 Å². The number of ketones is 1. The highest BCUT2D eigenvalue weighted by Crippen LogP contribution is 2.35. The van der Waals surface area contributed by atoms with Crippen molar-refractivity contribution in [2.45, 2.75) is 31.6 Å². The van der Waals surface area contributed by atoms with E-state index in [1.54, 1.807) is 6.08 Å². The van der Waals surface area contributed by atoms with E-state index >= 15 is 0 Å². The standard InChI is InChI=1S/C15H20O2Si/c1-18(2,3)14-9-13(17-11-14)10-15(16)12-7-5-4-6-8-12/h4-8,10,14H,9,11H2,1-3H3/b13-10-. The van der Waals surface area contributed by atoms with Gasteiger partial charge in [0.05, 0.1) is 20.4 Å². The summed E-state index contributed by atoms with van der Waals surface area (Å²) in [6, 6.07) is 9.35. The minimum Gasteiger partial charge on any atom is -0.498 e. The summed E-state index contributed by atoms with van der Waals surface area (Å²) in [6.45, 7) is 7.83. The maximum absolute atomic E-state index is 12.0. The van der Waals surface area contributed by atoms with Crippen molar-refractivity contribution in [3.8, 4) is 0 Å². The molecule has 0 aliphatic carbocycles. The van der Waals surface area contributed by atoms with Crippen LogP contribution in [0.2, 0.25) is 25.2 Å². The molecule has 1 atom stereocenters. The van der Waals surface area contributed by atoms with Crippen LogP contribution in [0.3, 0.4) is 0 Å². The topological polar surface area (TPSA) is 26.3 Å². The molecule has 0 aromatic heterocycles. The summed E-state index contributed by atoms with van der Waals surface area (Å²) in [6.07, 6.45) is 2.59. The first-order valence-corrected chi connectivity index (χ1v) is 9.97. The zero-order valence-electron chi connectivity index (χ0n) is 11.3. The van der Waals surface area contributed by atoms with Gasteiger partial charge in [0, 0.05) is 18.1 Å². The third-order valence-electron chi connectivity index (χ3n) is 3.49. The molecule has 1 aromatic rings. The van der Waals surface area contributed by atoms with E-state index in [9.17, 15) is 4.79 Å². The first-order chi connectivity index (χ1) is 8.47. The number of carbonyl (C=O) groups excluding carboxylic acids is 1. The molecule has 1 unspecified atom stereocenters. The Morgan fingerprint density at radius 1 is 1.28 bits per heavy atom. The number of hydrogen-bond donors (Lipinski definition) is 0. The zero-order chi connectivity index (χ0) is 13.2. The zero-order valence-corrected chi connectivity index (χ0v) is 12.3. The lowest BCUT2D eigenvalue weighted by atomic mass is 10.1. The molecular formula is C15H20O2Si. The van der Waals surface area contributed by atoms with Crippen LogP contribution in [0, 0.1) is 0 Å². The summed E-state index contributed by atoms with van der Waals surface area (Å²) >= 11 is 0. The van der Waals surface area contributed by atoms with Gasteiger partial charge in [-0.25, -0.2) is 0 Å². The molecule has 1 heterocycles. The summed E-state index contributed by atoms with van der Waals surface area (Å²) in [5.41, 5.74) is 1.36. The summed E-state index contributed by atoms with van der Waals surface area (Å²) in [5.74, 6) is 0.901. The van der Waals surface area contributed by atoms with Crippen molar-refractivity contribution in [3.63, 3.8) is 0 Å². The lowest BCUT2D eigenvalue weighted by molar-refractivity contribution is 0.104. The van der Waals surface area contributed by atoms with Crippen LogP contribution in [0.1, 0.15) is 16.8 Å². The molecule has 0 spiro atoms. The Kier molecular flexibility index (Phi) is 3.71. The summed E-state index contributed by atoms with van der Waals surface area (Å²) in [4.78, 5) is 12.0. The highest BCUT2D eigenvalue weighted by atomic mass is 28.3. The third-order valence-corrected chi connectivity index (χ3v) is 6.31. The van der Waals surface area contributed by atoms with Crippen molar-refractivity contribution in [2.24, 2.45) is 0 Å². The van der Waals surface area contributed by atoms with Gasteiger partial charge in [-0.15, -0.1) is 0 Å². The lowest BCUT2D eigenvalue weighted by Gasteiger charge is -2.21. The normalized spacial score (nSPS) is 21.9. The quantitative estimate of drug-likeness (QED) is 0.468. The fourth-order valence-electron chi connectivity index (χ4n) is 2.06. The largest absolute Gasteiger partial charge is 0.498 e. The smallest absolute Gasteiger partial charge is 0.189 e. The molecule has 1 aromatic carbocycles. The minimum atomic E-state index is -1.17. The number of ether oxygens (including phenoxy) is 1. The Labute approximate surface area is 110 Å². The fraction of sp³-hybridized carbons (Fsp3) is 0.400. The molecular weight excluding hydrogens is 240 g/mol. The maximum atomic E-state index is 12.0. The van der Waals surface area contributed by atoms with Crippen LogP contribution in [-0.4, -0.2) is 20.5 Å². The van der Waals surface area contributed by atoms with Gasteiger partial charge in [-0.05, 0) is 5.54 Å². The first-order valence-electron chi connectivity index (χ1n) is 6.39. The molecule has 0 amide bonds. The van der Waals surface area contributed by atoms with E-state index in [2.05, 4.69) is 19.6 Å². The molecule has 96 valence electrons. The third kappa shape index (κ3) is 3.10. The van der Waals surface area contributed by atoms with Crippen LogP contribution in [-0.2, 0) is 4.74 Å². The van der Waals surface area contributed by atoms with Crippen molar-refractivity contribution >= 4 is 13.9 Å². The second-order valence-electron chi connectivity index (χ2n) is 5.92. The molecule has 3 heteroatoms. The van der Waals surface area contributed by atoms with Crippen molar-refractivity contribution in [2.75, 3.05) is 6.61 Å². The fourth-order valence-corrected chi connectivity index (χ4v) is 3.45. The van der Waals surface area contributed by atoms with E-state index in [0.29, 0.717) is 5.54 Å². The maximum Gasteiger partial charge on any atom is 0.189 e. The average molecular weight is 260 g/mol. The number of allylic oxidation sites excluding steroid dienone is 2. The van der Waals surface area contributed by atoms with Gasteiger partial charge < -0.3 is 4.74 Å². The highest BCUT2D eigenvalue weighted by molar-refractivity contribution is 6.77. The Bertz CT molecular complexity index is 457. The molecule has 18 heavy (non-hydrogen) atoms. The van der Waals surface area contributed by atoms with E-state index < -0.39 is 8.07 Å². The Hall–Kier alpha value is -1.35. The lowest BCUT2D eigenvalue weighted by Crippen LogP contribution is -2.28. The molecule has 1 aliphatic heterocycles. The molecule has 2 nitrogen and oxygen atoms in total. The molecule has 1 aliphatic rings. The molecule has 0 N–H and O–H groups in total. The van der Waals surface area contributed by atoms with Crippen molar-refractivity contribution < 1.29 is 9.53 Å². The number of carbonyl (C=O) groups is 1. The SMILES string of the molecule is C[Si](C)(C)C1CO/C(=C\C(=O)c2ccccc2)C1. The molecule has 0 bridgehead atoms. The van der Waals surface area contributed by atoms with Gasteiger partial charge in [0.1, 0.15) is 0 Å². The second kappa shape index (κ2) is 5.10. The van der Waals surface area contributed by atoms with E-state index in [1.807, 2.05) is 30.3 Å². The van der Waals surface area contributed by atoms with Crippen LogP contribution in [0.5, 0.6) is 0 Å². The number of benzene rings is 1. The van der Waals surface area contributed by atoms with Gasteiger partial charge in [-0.2, -0.15) is 0 Å². The predicted octanol–water partition coefficient (Wildman–Crippen LogP) is 3.88. The second-order valence-corrected chi connectivity index (χ2v) is 11.5. The van der Waals surface area contributed by atoms with Gasteiger partial charge >= 0.3 is 0 Å². The van der Waals surface area contributed by atoms with Crippen LogP contribution >= 0.6 is 0 Å². The first kappa shape index (κ1) is 13.1. The van der Waals surface area contributed by atoms with E-state index in [0.717, 1.165) is 24.4 Å². The summed E-state index contributed by atoms with van der Waals surface area (Å²) in [5, 5.41) is 0. The monoisotopic (exact) mass is 260 g/mol. The van der Waals surface area contributed by atoms with Crippen molar-refractivity contribution in [3.05, 3.63) is 47.7 Å². The molecule has 1 saturated heterocycles. The molecule has 0 radical (unpaired) electrons. The minimum absolute atomic E-state index is 0.0434. The van der Waals surface area contributed by atoms with Crippen LogP contribution in [0.15, 0.2) is 42.2 Å². The number of rotatable bonds is 3. The van der Waals surface area contributed by atoms with Crippen LogP contribution < -0.4 is 0 Å². The van der Waals surface area contributed by atoms with E-state index in [1.165, 1.54) is 0 Å². The van der Waals surface area contributed by atoms with E-state index in [4.69, 9.17) is 4.74 Å². The summed E-state index contributed by atoms with van der Waals surface area (Å²) < 4.78 is 5.66. The van der Waals surface area contributed by atoms with Crippen molar-refractivity contribution in [1.29, 1.82) is 0 Å². The molecule has 1 fully saturated rings. The van der Waals surface area contributed by atoms with Crippen LogP contribution in [0.25, 0.3) is 0 Å². The number of hydrogen-bond acceptors (Lipinski definition) is 2. The average Bonchev–Trinajstić information content (AvgIpc) is 2.78. The Morgan fingerprint density at radius 2 is 1.94 bits per heavy atom.